The number of ether oxygens (including phenoxy) is 1. The number of carbonyl (C=O) groups excluding carboxylic acids is 2. The second-order valence-corrected chi connectivity index (χ2v) is 5.38. The molecule has 0 saturated carbocycles. The molecule has 0 aromatic rings. The van der Waals surface area contributed by atoms with E-state index in [1.54, 1.807) is 0 Å². The highest BCUT2D eigenvalue weighted by molar-refractivity contribution is 5.83. The predicted octanol–water partition coefficient (Wildman–Crippen LogP) is -2.49. The molecule has 2 unspecified atom stereocenters. The van der Waals surface area contributed by atoms with E-state index in [1.807, 2.05) is 0 Å². The number of alkyl halides is 2. The summed E-state index contributed by atoms with van der Waals surface area (Å²) in [5, 5.41) is 28.2. The number of Topliss-reactive ketones (excluding diaryl/α,β-unsaturated/α-hetero) is 1. The van der Waals surface area contributed by atoms with Crippen LogP contribution in [0, 0.1) is 5.92 Å². The number of nitrogens with two attached hydrogens (primary N) is 2. The summed E-state index contributed by atoms with van der Waals surface area (Å²) >= 11 is 0. The molecule has 0 aliphatic carbocycles. The van der Waals surface area contributed by atoms with Gasteiger partial charge in [0.15, 0.2) is 6.17 Å². The molecule has 1 aliphatic heterocycles. The smallest absolute Gasteiger partial charge is 0.321 e. The minimum Gasteiger partial charge on any atom is -0.394 e. The first-order valence-electron chi connectivity index (χ1n) is 6.59. The molecule has 1 amide bonds. The van der Waals surface area contributed by atoms with Crippen molar-refractivity contribution in [2.24, 2.45) is 17.4 Å². The van der Waals surface area contributed by atoms with Crippen LogP contribution in [0.2, 0.25) is 0 Å². The van der Waals surface area contributed by atoms with Gasteiger partial charge in [-0.1, -0.05) is 0 Å². The molecule has 22 heavy (non-hydrogen) atoms. The van der Waals surface area contributed by atoms with Crippen LogP contribution in [0.15, 0.2) is 0 Å². The van der Waals surface area contributed by atoms with Gasteiger partial charge in [0.1, 0.15) is 18.0 Å². The molecule has 10 heteroatoms. The number of hydrogen-bond acceptors (Lipinski definition) is 7. The Morgan fingerprint density at radius 3 is 2.36 bits per heavy atom. The van der Waals surface area contributed by atoms with Gasteiger partial charge in [-0.3, -0.25) is 4.79 Å². The third-order valence-corrected chi connectivity index (χ3v) is 3.69. The van der Waals surface area contributed by atoms with E-state index in [0.717, 1.165) is 6.92 Å². The summed E-state index contributed by atoms with van der Waals surface area (Å²) in [6, 6.07) is -1.68. The van der Waals surface area contributed by atoms with Gasteiger partial charge in [-0.25, -0.2) is 4.39 Å². The highest BCUT2D eigenvalue weighted by atomic mass is 19.2. The Bertz CT molecular complexity index is 440. The highest BCUT2D eigenvalue weighted by Crippen LogP contribution is 2.38. The van der Waals surface area contributed by atoms with E-state index >= 15 is 0 Å². The SMILES string of the molecule is CC(=O)C[C@H]1C([C@H](O)[C@H](O)CO)O[C@@](F)(C(N)=O)C(F)[C@H]1N. The lowest BCUT2D eigenvalue weighted by molar-refractivity contribution is -0.275. The first-order valence-corrected chi connectivity index (χ1v) is 6.59. The lowest BCUT2D eigenvalue weighted by Gasteiger charge is -2.46. The monoisotopic (exact) mass is 326 g/mol. The van der Waals surface area contributed by atoms with Crippen molar-refractivity contribution in [3.63, 3.8) is 0 Å². The molecule has 128 valence electrons. The van der Waals surface area contributed by atoms with Gasteiger partial charge < -0.3 is 36.3 Å². The fourth-order valence-electron chi connectivity index (χ4n) is 2.46. The molecule has 1 rings (SSSR count). The Kier molecular flexibility index (Phi) is 5.93. The van der Waals surface area contributed by atoms with E-state index in [2.05, 4.69) is 4.74 Å². The first kappa shape index (κ1) is 18.8. The zero-order valence-electron chi connectivity index (χ0n) is 11.9. The van der Waals surface area contributed by atoms with Gasteiger partial charge in [0.25, 0.3) is 5.91 Å². The topological polar surface area (TPSA) is 156 Å². The quantitative estimate of drug-likeness (QED) is 0.361. The molecular formula is C12H20F2N2O6. The van der Waals surface area contributed by atoms with E-state index in [1.165, 1.54) is 0 Å². The van der Waals surface area contributed by atoms with Gasteiger partial charge >= 0.3 is 5.85 Å². The molecule has 0 radical (unpaired) electrons. The lowest BCUT2D eigenvalue weighted by atomic mass is 9.78. The van der Waals surface area contributed by atoms with Crippen LogP contribution in [0.3, 0.4) is 0 Å². The molecule has 0 bridgehead atoms. The fraction of sp³-hybridized carbons (Fsp3) is 0.833. The van der Waals surface area contributed by atoms with Crippen LogP contribution in [0.5, 0.6) is 0 Å². The molecule has 0 aromatic carbocycles. The predicted molar refractivity (Wildman–Crippen MR) is 68.7 cm³/mol. The summed E-state index contributed by atoms with van der Waals surface area (Å²) in [7, 11) is 0. The lowest BCUT2D eigenvalue weighted by Crippen LogP contribution is -2.68. The van der Waals surface area contributed by atoms with Crippen molar-refractivity contribution >= 4 is 11.7 Å². The van der Waals surface area contributed by atoms with Crippen LogP contribution in [-0.4, -0.2) is 70.0 Å². The number of amides is 1. The molecule has 7 atom stereocenters. The minimum absolute atomic E-state index is 0.379. The average Bonchev–Trinajstić information content (AvgIpc) is 2.45. The standard InChI is InChI=1S/C12H20F2N2O6/c1-4(18)2-5-7(15)10(13)12(14,11(16)21)22-9(5)8(20)6(19)3-17/h5-10,17,19-20H,2-3,15H2,1H3,(H2,16,21)/t5-,6-,7+,8-,9?,10?,12-/m1/s1. The van der Waals surface area contributed by atoms with E-state index in [4.69, 9.17) is 16.6 Å². The summed E-state index contributed by atoms with van der Waals surface area (Å²) < 4.78 is 33.0. The van der Waals surface area contributed by atoms with Gasteiger partial charge in [0.2, 0.25) is 0 Å². The van der Waals surface area contributed by atoms with E-state index in [9.17, 15) is 28.6 Å². The number of hydrogen-bond donors (Lipinski definition) is 5. The number of rotatable bonds is 6. The van der Waals surface area contributed by atoms with Crippen LogP contribution in [0.25, 0.3) is 0 Å². The second-order valence-electron chi connectivity index (χ2n) is 5.38. The number of aliphatic hydroxyl groups is 3. The number of aliphatic hydroxyl groups excluding tert-OH is 3. The van der Waals surface area contributed by atoms with Gasteiger partial charge in [0, 0.05) is 18.4 Å². The maximum Gasteiger partial charge on any atom is 0.321 e. The van der Waals surface area contributed by atoms with Gasteiger partial charge in [-0.05, 0) is 6.92 Å². The van der Waals surface area contributed by atoms with Gasteiger partial charge in [-0.2, -0.15) is 4.39 Å². The third-order valence-electron chi connectivity index (χ3n) is 3.69. The van der Waals surface area contributed by atoms with Crippen LogP contribution >= 0.6 is 0 Å². The Hall–Kier alpha value is -1.20. The van der Waals surface area contributed by atoms with Gasteiger partial charge in [0.05, 0.1) is 12.7 Å². The molecule has 0 aromatic heterocycles. The summed E-state index contributed by atoms with van der Waals surface area (Å²) in [4.78, 5) is 22.4. The number of primary amides is 1. The summed E-state index contributed by atoms with van der Waals surface area (Å²) in [6.45, 7) is 0.259. The maximum absolute atomic E-state index is 14.3. The van der Waals surface area contributed by atoms with Crippen molar-refractivity contribution in [2.45, 2.75) is 49.7 Å². The zero-order chi connectivity index (χ0) is 17.2. The van der Waals surface area contributed by atoms with Crippen molar-refractivity contribution < 1.29 is 38.4 Å². The van der Waals surface area contributed by atoms with Crippen LogP contribution in [0.1, 0.15) is 13.3 Å². The maximum atomic E-state index is 14.3. The summed E-state index contributed by atoms with van der Waals surface area (Å²) in [5.74, 6) is -7.05. The summed E-state index contributed by atoms with van der Waals surface area (Å²) in [5.41, 5.74) is 10.3. The largest absolute Gasteiger partial charge is 0.394 e. The van der Waals surface area contributed by atoms with Crippen LogP contribution < -0.4 is 11.5 Å². The molecule has 1 aliphatic rings. The Morgan fingerprint density at radius 2 is 1.95 bits per heavy atom. The zero-order valence-corrected chi connectivity index (χ0v) is 11.9. The molecule has 7 N–H and O–H groups in total. The molecule has 1 heterocycles. The van der Waals surface area contributed by atoms with Crippen LogP contribution in [-0.2, 0) is 14.3 Å². The van der Waals surface area contributed by atoms with Crippen molar-refractivity contribution in [3.8, 4) is 0 Å². The normalized spacial score (nSPS) is 38.3. The molecule has 0 spiro atoms. The van der Waals surface area contributed by atoms with Crippen molar-refractivity contribution in [3.05, 3.63) is 0 Å². The van der Waals surface area contributed by atoms with Crippen molar-refractivity contribution in [1.82, 2.24) is 0 Å². The van der Waals surface area contributed by atoms with E-state index < -0.39 is 60.6 Å². The van der Waals surface area contributed by atoms with E-state index in [-0.39, 0.29) is 6.42 Å². The Labute approximate surface area is 125 Å². The van der Waals surface area contributed by atoms with Crippen LogP contribution in [0.4, 0.5) is 8.78 Å². The molecular weight excluding hydrogens is 306 g/mol. The third kappa shape index (κ3) is 3.41. The van der Waals surface area contributed by atoms with E-state index in [0.29, 0.717) is 0 Å². The number of ketones is 1. The van der Waals surface area contributed by atoms with Gasteiger partial charge in [-0.15, -0.1) is 0 Å². The molecule has 1 fully saturated rings. The fourth-order valence-corrected chi connectivity index (χ4v) is 2.46. The molecule has 1 saturated heterocycles. The number of carbonyl (C=O) groups is 2. The number of halogens is 2. The minimum atomic E-state index is -3.60. The first-order chi connectivity index (χ1) is 10.1. The van der Waals surface area contributed by atoms with Crippen molar-refractivity contribution in [2.75, 3.05) is 6.61 Å². The second kappa shape index (κ2) is 6.92. The van der Waals surface area contributed by atoms with Crippen molar-refractivity contribution in [1.29, 1.82) is 0 Å². The Morgan fingerprint density at radius 1 is 1.41 bits per heavy atom. The molecule has 8 nitrogen and oxygen atoms in total. The Balaban J connectivity index is 3.19. The summed E-state index contributed by atoms with van der Waals surface area (Å²) in [6.07, 6.45) is -8.40. The average molecular weight is 326 g/mol. The highest BCUT2D eigenvalue weighted by Gasteiger charge is 2.60.